The number of nitrogens with zero attached hydrogens (tertiary/aromatic N) is 3. The molecule has 0 spiro atoms. The third-order valence-corrected chi connectivity index (χ3v) is 5.87. The van der Waals surface area contributed by atoms with E-state index >= 15 is 0 Å². The predicted octanol–water partition coefficient (Wildman–Crippen LogP) is 4.96. The second kappa shape index (κ2) is 11.0. The maximum Gasteiger partial charge on any atom is 0.234 e. The maximum absolute atomic E-state index is 12.3. The molecular formula is C24H30N4O3S. The quantitative estimate of drug-likeness (QED) is 0.437. The standard InChI is InChI=1S/C24H30N4O3S/c1-6-30-19-10-8-18(9-11-19)25-23(29)15-32-24-27-26-22(28(24)5)14-31-21-13-17(4)7-12-20(21)16(2)3/h7-13,16H,6,14-15H2,1-5H3,(H,25,29). The molecule has 2 aromatic carbocycles. The summed E-state index contributed by atoms with van der Waals surface area (Å²) in [6.45, 7) is 9.19. The van der Waals surface area contributed by atoms with Crippen molar-refractivity contribution in [3.05, 3.63) is 59.4 Å². The summed E-state index contributed by atoms with van der Waals surface area (Å²) in [5, 5.41) is 12.0. The average Bonchev–Trinajstić information content (AvgIpc) is 3.11. The first kappa shape index (κ1) is 23.7. The third-order valence-electron chi connectivity index (χ3n) is 4.85. The van der Waals surface area contributed by atoms with E-state index in [9.17, 15) is 4.79 Å². The zero-order valence-electron chi connectivity index (χ0n) is 19.2. The molecule has 1 amide bonds. The first-order valence-electron chi connectivity index (χ1n) is 10.6. The molecule has 0 bridgehead atoms. The van der Waals surface area contributed by atoms with Gasteiger partial charge in [0.05, 0.1) is 12.4 Å². The smallest absolute Gasteiger partial charge is 0.234 e. The fourth-order valence-corrected chi connectivity index (χ4v) is 3.84. The molecule has 0 aliphatic carbocycles. The minimum absolute atomic E-state index is 0.110. The third kappa shape index (κ3) is 6.26. The lowest BCUT2D eigenvalue weighted by Gasteiger charge is -2.14. The molecule has 0 fully saturated rings. The number of aromatic nitrogens is 3. The Bertz CT molecular complexity index is 1050. The fourth-order valence-electron chi connectivity index (χ4n) is 3.11. The van der Waals surface area contributed by atoms with Crippen molar-refractivity contribution in [3.8, 4) is 11.5 Å². The van der Waals surface area contributed by atoms with Crippen LogP contribution in [-0.4, -0.2) is 33.0 Å². The number of carbonyl (C=O) groups is 1. The van der Waals surface area contributed by atoms with Crippen LogP contribution in [0.4, 0.5) is 5.69 Å². The van der Waals surface area contributed by atoms with Gasteiger partial charge in [-0.3, -0.25) is 4.79 Å². The number of benzene rings is 2. The molecule has 0 aliphatic rings. The van der Waals surface area contributed by atoms with Gasteiger partial charge in [-0.2, -0.15) is 0 Å². The molecule has 32 heavy (non-hydrogen) atoms. The number of rotatable bonds is 10. The van der Waals surface area contributed by atoms with Crippen molar-refractivity contribution in [1.29, 1.82) is 0 Å². The Kier molecular flexibility index (Phi) is 8.16. The summed E-state index contributed by atoms with van der Waals surface area (Å²) >= 11 is 1.34. The molecule has 0 atom stereocenters. The Morgan fingerprint density at radius 2 is 1.88 bits per heavy atom. The first-order chi connectivity index (χ1) is 15.4. The first-order valence-corrected chi connectivity index (χ1v) is 11.6. The van der Waals surface area contributed by atoms with Crippen LogP contribution in [-0.2, 0) is 18.4 Å². The largest absolute Gasteiger partial charge is 0.494 e. The van der Waals surface area contributed by atoms with E-state index in [4.69, 9.17) is 9.47 Å². The Balaban J connectivity index is 1.55. The number of carbonyl (C=O) groups excluding carboxylic acids is 1. The van der Waals surface area contributed by atoms with Gasteiger partial charge < -0.3 is 19.4 Å². The van der Waals surface area contributed by atoms with Crippen LogP contribution in [0.1, 0.15) is 43.6 Å². The normalized spacial score (nSPS) is 10.9. The van der Waals surface area contributed by atoms with E-state index in [0.29, 0.717) is 30.1 Å². The van der Waals surface area contributed by atoms with E-state index in [0.717, 1.165) is 22.7 Å². The maximum atomic E-state index is 12.3. The van der Waals surface area contributed by atoms with E-state index in [1.807, 2.05) is 55.8 Å². The Hall–Kier alpha value is -3.00. The van der Waals surface area contributed by atoms with E-state index < -0.39 is 0 Å². The highest BCUT2D eigenvalue weighted by atomic mass is 32.2. The zero-order chi connectivity index (χ0) is 23.1. The fraction of sp³-hybridized carbons (Fsp3) is 0.375. The number of nitrogens with one attached hydrogen (secondary N) is 1. The molecule has 0 radical (unpaired) electrons. The number of hydrogen-bond acceptors (Lipinski definition) is 6. The molecule has 0 saturated carbocycles. The molecular weight excluding hydrogens is 424 g/mol. The van der Waals surface area contributed by atoms with Crippen LogP contribution in [0.3, 0.4) is 0 Å². The van der Waals surface area contributed by atoms with Crippen LogP contribution < -0.4 is 14.8 Å². The lowest BCUT2D eigenvalue weighted by atomic mass is 10.0. The van der Waals surface area contributed by atoms with E-state index in [1.165, 1.54) is 17.3 Å². The molecule has 0 saturated heterocycles. The molecule has 170 valence electrons. The SMILES string of the molecule is CCOc1ccc(NC(=O)CSc2nnc(COc3cc(C)ccc3C(C)C)n2C)cc1. The molecule has 0 aliphatic heterocycles. The van der Waals surface area contributed by atoms with Gasteiger partial charge in [0.2, 0.25) is 5.91 Å². The van der Waals surface area contributed by atoms with Gasteiger partial charge in [0, 0.05) is 12.7 Å². The van der Waals surface area contributed by atoms with Gasteiger partial charge in [0.25, 0.3) is 0 Å². The summed E-state index contributed by atoms with van der Waals surface area (Å²) in [6.07, 6.45) is 0. The summed E-state index contributed by atoms with van der Waals surface area (Å²) < 4.78 is 13.3. The van der Waals surface area contributed by atoms with E-state index in [2.05, 4.69) is 41.5 Å². The molecule has 7 nitrogen and oxygen atoms in total. The minimum Gasteiger partial charge on any atom is -0.494 e. The van der Waals surface area contributed by atoms with Crippen LogP contribution in [0.2, 0.25) is 0 Å². The lowest BCUT2D eigenvalue weighted by Crippen LogP contribution is -2.14. The highest BCUT2D eigenvalue weighted by molar-refractivity contribution is 7.99. The van der Waals surface area contributed by atoms with Crippen molar-refractivity contribution in [1.82, 2.24) is 14.8 Å². The van der Waals surface area contributed by atoms with Crippen LogP contribution in [0, 0.1) is 6.92 Å². The zero-order valence-corrected chi connectivity index (χ0v) is 20.0. The molecule has 1 aromatic heterocycles. The topological polar surface area (TPSA) is 78.3 Å². The van der Waals surface area contributed by atoms with Gasteiger partial charge in [0.1, 0.15) is 18.1 Å². The summed E-state index contributed by atoms with van der Waals surface area (Å²) in [4.78, 5) is 12.3. The molecule has 0 unspecified atom stereocenters. The van der Waals surface area contributed by atoms with Crippen molar-refractivity contribution >= 4 is 23.4 Å². The van der Waals surface area contributed by atoms with Crippen LogP contribution >= 0.6 is 11.8 Å². The Labute approximate surface area is 193 Å². The van der Waals surface area contributed by atoms with Gasteiger partial charge in [0.15, 0.2) is 11.0 Å². The van der Waals surface area contributed by atoms with Crippen molar-refractivity contribution in [2.75, 3.05) is 17.7 Å². The van der Waals surface area contributed by atoms with Crippen molar-refractivity contribution in [2.45, 2.75) is 45.4 Å². The molecule has 3 rings (SSSR count). The van der Waals surface area contributed by atoms with Gasteiger partial charge in [-0.05, 0) is 61.2 Å². The second-order valence-electron chi connectivity index (χ2n) is 7.74. The monoisotopic (exact) mass is 454 g/mol. The Morgan fingerprint density at radius 3 is 2.56 bits per heavy atom. The van der Waals surface area contributed by atoms with Gasteiger partial charge in [-0.15, -0.1) is 10.2 Å². The van der Waals surface area contributed by atoms with Gasteiger partial charge >= 0.3 is 0 Å². The van der Waals surface area contributed by atoms with Crippen LogP contribution in [0.5, 0.6) is 11.5 Å². The van der Waals surface area contributed by atoms with Crippen molar-refractivity contribution in [3.63, 3.8) is 0 Å². The highest BCUT2D eigenvalue weighted by Gasteiger charge is 2.14. The van der Waals surface area contributed by atoms with Crippen LogP contribution in [0.25, 0.3) is 0 Å². The summed E-state index contributed by atoms with van der Waals surface area (Å²) in [5.41, 5.74) is 3.04. The summed E-state index contributed by atoms with van der Waals surface area (Å²) in [6, 6.07) is 13.6. The van der Waals surface area contributed by atoms with Crippen LogP contribution in [0.15, 0.2) is 47.6 Å². The number of thioether (sulfide) groups is 1. The highest BCUT2D eigenvalue weighted by Crippen LogP contribution is 2.28. The summed E-state index contributed by atoms with van der Waals surface area (Å²) in [5.74, 6) is 2.84. The molecule has 8 heteroatoms. The van der Waals surface area contributed by atoms with Gasteiger partial charge in [-0.1, -0.05) is 37.7 Å². The molecule has 3 aromatic rings. The van der Waals surface area contributed by atoms with Gasteiger partial charge in [-0.25, -0.2) is 0 Å². The molecule has 1 heterocycles. The second-order valence-corrected chi connectivity index (χ2v) is 8.68. The number of anilines is 1. The predicted molar refractivity (Wildman–Crippen MR) is 128 cm³/mol. The number of ether oxygens (including phenoxy) is 2. The Morgan fingerprint density at radius 1 is 1.12 bits per heavy atom. The average molecular weight is 455 g/mol. The summed E-state index contributed by atoms with van der Waals surface area (Å²) in [7, 11) is 1.88. The minimum atomic E-state index is -0.110. The van der Waals surface area contributed by atoms with Crippen molar-refractivity contribution < 1.29 is 14.3 Å². The number of hydrogen-bond donors (Lipinski definition) is 1. The van der Waals surface area contributed by atoms with E-state index in [1.54, 1.807) is 0 Å². The molecule has 1 N–H and O–H groups in total. The number of aryl methyl sites for hydroxylation is 1. The van der Waals surface area contributed by atoms with E-state index in [-0.39, 0.29) is 11.7 Å². The van der Waals surface area contributed by atoms with Crippen molar-refractivity contribution in [2.24, 2.45) is 7.05 Å². The lowest BCUT2D eigenvalue weighted by molar-refractivity contribution is -0.113. The number of amides is 1.